The molecule has 0 radical (unpaired) electrons. The highest BCUT2D eigenvalue weighted by molar-refractivity contribution is 7.13. The summed E-state index contributed by atoms with van der Waals surface area (Å²) in [4.78, 5) is 17.4. The Morgan fingerprint density at radius 1 is 1.25 bits per heavy atom. The van der Waals surface area contributed by atoms with Gasteiger partial charge in [0.1, 0.15) is 22.2 Å². The number of thiazole rings is 1. The van der Waals surface area contributed by atoms with Gasteiger partial charge >= 0.3 is 0 Å². The molecule has 4 nitrogen and oxygen atoms in total. The molecule has 0 bridgehead atoms. The SMILES string of the molecule is CCCCCCNC(=O)c1sc(COc2cccc(C)c2)nc1C. The summed E-state index contributed by atoms with van der Waals surface area (Å²) in [6.45, 7) is 7.20. The van der Waals surface area contributed by atoms with Crippen molar-refractivity contribution in [1.29, 1.82) is 0 Å². The van der Waals surface area contributed by atoms with Crippen molar-refractivity contribution in [2.45, 2.75) is 53.1 Å². The average Bonchev–Trinajstić information content (AvgIpc) is 2.94. The molecular formula is C19H26N2O2S. The number of rotatable bonds is 9. The maximum Gasteiger partial charge on any atom is 0.263 e. The molecule has 2 aromatic rings. The van der Waals surface area contributed by atoms with Gasteiger partial charge in [0.15, 0.2) is 0 Å². The molecule has 1 heterocycles. The minimum Gasteiger partial charge on any atom is -0.486 e. The number of benzene rings is 1. The first-order valence-corrected chi connectivity index (χ1v) is 9.35. The molecule has 24 heavy (non-hydrogen) atoms. The monoisotopic (exact) mass is 346 g/mol. The molecule has 0 fully saturated rings. The third-order valence-corrected chi connectivity index (χ3v) is 4.84. The zero-order valence-corrected chi connectivity index (χ0v) is 15.5. The molecular weight excluding hydrogens is 320 g/mol. The lowest BCUT2D eigenvalue weighted by molar-refractivity contribution is 0.0956. The number of carbonyl (C=O) groups excluding carboxylic acids is 1. The Bertz CT molecular complexity index is 667. The molecule has 1 N–H and O–H groups in total. The Morgan fingerprint density at radius 3 is 2.83 bits per heavy atom. The molecule has 1 aromatic carbocycles. The molecule has 5 heteroatoms. The van der Waals surface area contributed by atoms with E-state index in [1.807, 2.05) is 38.1 Å². The molecule has 0 atom stereocenters. The Kier molecular flexibility index (Phi) is 7.25. The lowest BCUT2D eigenvalue weighted by Crippen LogP contribution is -2.24. The van der Waals surface area contributed by atoms with E-state index in [2.05, 4.69) is 17.2 Å². The highest BCUT2D eigenvalue weighted by atomic mass is 32.1. The van der Waals surface area contributed by atoms with E-state index in [1.54, 1.807) is 0 Å². The number of hydrogen-bond donors (Lipinski definition) is 1. The van der Waals surface area contributed by atoms with Crippen molar-refractivity contribution in [3.8, 4) is 5.75 Å². The maximum absolute atomic E-state index is 12.2. The van der Waals surface area contributed by atoms with Crippen molar-refractivity contribution in [3.63, 3.8) is 0 Å². The van der Waals surface area contributed by atoms with Crippen LogP contribution >= 0.6 is 11.3 Å². The largest absolute Gasteiger partial charge is 0.486 e. The second-order valence-corrected chi connectivity index (χ2v) is 7.03. The van der Waals surface area contributed by atoms with Crippen molar-refractivity contribution in [3.05, 3.63) is 45.4 Å². The van der Waals surface area contributed by atoms with Gasteiger partial charge in [-0.1, -0.05) is 38.3 Å². The summed E-state index contributed by atoms with van der Waals surface area (Å²) >= 11 is 1.41. The smallest absolute Gasteiger partial charge is 0.263 e. The van der Waals surface area contributed by atoms with E-state index >= 15 is 0 Å². The van der Waals surface area contributed by atoms with Gasteiger partial charge in [-0.3, -0.25) is 4.79 Å². The van der Waals surface area contributed by atoms with Gasteiger partial charge in [0.25, 0.3) is 5.91 Å². The summed E-state index contributed by atoms with van der Waals surface area (Å²) in [7, 11) is 0. The standard InChI is InChI=1S/C19H26N2O2S/c1-4-5-6-7-11-20-19(22)18-15(3)21-17(24-18)13-23-16-10-8-9-14(2)12-16/h8-10,12H,4-7,11,13H2,1-3H3,(H,20,22). The number of carbonyl (C=O) groups is 1. The maximum atomic E-state index is 12.2. The van der Waals surface area contributed by atoms with Crippen LogP contribution in [0.2, 0.25) is 0 Å². The summed E-state index contributed by atoms with van der Waals surface area (Å²) in [5, 5.41) is 3.81. The van der Waals surface area contributed by atoms with Crippen LogP contribution in [0.25, 0.3) is 0 Å². The second kappa shape index (κ2) is 9.42. The number of hydrogen-bond acceptors (Lipinski definition) is 4. The van der Waals surface area contributed by atoms with Crippen LogP contribution in [0, 0.1) is 13.8 Å². The van der Waals surface area contributed by atoms with Crippen LogP contribution in [-0.4, -0.2) is 17.4 Å². The van der Waals surface area contributed by atoms with Crippen molar-refractivity contribution in [2.75, 3.05) is 6.54 Å². The molecule has 1 aromatic heterocycles. The Hall–Kier alpha value is -1.88. The van der Waals surface area contributed by atoms with Crippen molar-refractivity contribution < 1.29 is 9.53 Å². The fraction of sp³-hybridized carbons (Fsp3) is 0.474. The molecule has 1 amide bonds. The highest BCUT2D eigenvalue weighted by Crippen LogP contribution is 2.20. The van der Waals surface area contributed by atoms with Gasteiger partial charge in [-0.05, 0) is 38.0 Å². The minimum atomic E-state index is -0.0247. The van der Waals surface area contributed by atoms with E-state index in [1.165, 1.54) is 24.2 Å². The van der Waals surface area contributed by atoms with Gasteiger partial charge in [0.05, 0.1) is 5.69 Å². The Morgan fingerprint density at radius 2 is 2.08 bits per heavy atom. The van der Waals surface area contributed by atoms with Crippen LogP contribution in [0.5, 0.6) is 5.75 Å². The van der Waals surface area contributed by atoms with Crippen molar-refractivity contribution in [2.24, 2.45) is 0 Å². The molecule has 2 rings (SSSR count). The first kappa shape index (κ1) is 18.5. The second-order valence-electron chi connectivity index (χ2n) is 5.94. The van der Waals surface area contributed by atoms with Gasteiger partial charge in [-0.2, -0.15) is 0 Å². The number of amides is 1. The van der Waals surface area contributed by atoms with Crippen molar-refractivity contribution >= 4 is 17.2 Å². The molecule has 0 aliphatic carbocycles. The molecule has 0 spiro atoms. The fourth-order valence-electron chi connectivity index (χ4n) is 2.41. The van der Waals surface area contributed by atoms with E-state index in [4.69, 9.17) is 4.74 Å². The van der Waals surface area contributed by atoms with Crippen molar-refractivity contribution in [1.82, 2.24) is 10.3 Å². The third kappa shape index (κ3) is 5.64. The summed E-state index contributed by atoms with van der Waals surface area (Å²) in [6, 6.07) is 7.92. The molecule has 0 aliphatic rings. The molecule has 0 unspecified atom stereocenters. The number of nitrogens with zero attached hydrogens (tertiary/aromatic N) is 1. The van der Waals surface area contributed by atoms with E-state index in [0.29, 0.717) is 11.5 Å². The predicted molar refractivity (Wildman–Crippen MR) is 98.8 cm³/mol. The minimum absolute atomic E-state index is 0.0247. The predicted octanol–water partition coefficient (Wildman–Crippen LogP) is 4.65. The highest BCUT2D eigenvalue weighted by Gasteiger charge is 2.15. The van der Waals surface area contributed by atoms with Crippen LogP contribution in [-0.2, 0) is 6.61 Å². The topological polar surface area (TPSA) is 51.2 Å². The number of ether oxygens (including phenoxy) is 1. The lowest BCUT2D eigenvalue weighted by Gasteiger charge is -2.04. The summed E-state index contributed by atoms with van der Waals surface area (Å²) in [5.41, 5.74) is 1.93. The van der Waals surface area contributed by atoms with Gasteiger partial charge in [-0.25, -0.2) is 4.98 Å². The van der Waals surface area contributed by atoms with E-state index in [0.717, 1.165) is 41.4 Å². The van der Waals surface area contributed by atoms with E-state index in [9.17, 15) is 4.79 Å². The normalized spacial score (nSPS) is 10.6. The molecule has 0 saturated heterocycles. The summed E-state index contributed by atoms with van der Waals surface area (Å²) in [5.74, 6) is 0.799. The van der Waals surface area contributed by atoms with Crippen LogP contribution < -0.4 is 10.1 Å². The molecule has 130 valence electrons. The van der Waals surface area contributed by atoms with Crippen LogP contribution in [0.4, 0.5) is 0 Å². The van der Waals surface area contributed by atoms with Crippen LogP contribution in [0.15, 0.2) is 24.3 Å². The van der Waals surface area contributed by atoms with Gasteiger partial charge in [-0.15, -0.1) is 11.3 Å². The van der Waals surface area contributed by atoms with Gasteiger partial charge in [0, 0.05) is 6.54 Å². The van der Waals surface area contributed by atoms with E-state index in [-0.39, 0.29) is 5.91 Å². The zero-order valence-electron chi connectivity index (χ0n) is 14.7. The zero-order chi connectivity index (χ0) is 17.4. The van der Waals surface area contributed by atoms with Crippen LogP contribution in [0.1, 0.15) is 58.5 Å². The fourth-order valence-corrected chi connectivity index (χ4v) is 3.30. The first-order chi connectivity index (χ1) is 11.6. The van der Waals surface area contributed by atoms with Crippen LogP contribution in [0.3, 0.4) is 0 Å². The number of aryl methyl sites for hydroxylation is 2. The number of nitrogens with one attached hydrogen (secondary N) is 1. The Labute approximate surface area is 148 Å². The lowest BCUT2D eigenvalue weighted by atomic mass is 10.2. The number of unbranched alkanes of at least 4 members (excludes halogenated alkanes) is 3. The molecule has 0 aliphatic heterocycles. The van der Waals surface area contributed by atoms with E-state index < -0.39 is 0 Å². The summed E-state index contributed by atoms with van der Waals surface area (Å²) < 4.78 is 5.76. The quantitative estimate of drug-likeness (QED) is 0.673. The average molecular weight is 346 g/mol. The summed E-state index contributed by atoms with van der Waals surface area (Å²) in [6.07, 6.45) is 4.61. The van der Waals surface area contributed by atoms with Gasteiger partial charge < -0.3 is 10.1 Å². The Balaban J connectivity index is 1.86. The first-order valence-electron chi connectivity index (χ1n) is 8.54. The van der Waals surface area contributed by atoms with Gasteiger partial charge in [0.2, 0.25) is 0 Å². The molecule has 0 saturated carbocycles. The third-order valence-electron chi connectivity index (χ3n) is 3.71. The number of aromatic nitrogens is 1.